The van der Waals surface area contributed by atoms with Gasteiger partial charge in [-0.15, -0.1) is 11.8 Å². The zero-order chi connectivity index (χ0) is 14.8. The molecule has 0 radical (unpaired) electrons. The van der Waals surface area contributed by atoms with Gasteiger partial charge >= 0.3 is 0 Å². The number of carbonyl (C=O) groups excluding carboxylic acids is 1. The maximum Gasteiger partial charge on any atom is 0.238 e. The molecule has 0 fully saturated rings. The van der Waals surface area contributed by atoms with E-state index in [1.165, 1.54) is 10.5 Å². The zero-order valence-electron chi connectivity index (χ0n) is 11.6. The van der Waals surface area contributed by atoms with Crippen LogP contribution in [-0.4, -0.2) is 18.3 Å². The van der Waals surface area contributed by atoms with Crippen molar-refractivity contribution in [3.63, 3.8) is 0 Å². The second-order valence-electron chi connectivity index (χ2n) is 4.86. The summed E-state index contributed by atoms with van der Waals surface area (Å²) in [5.74, 6) is 0.654. The SMILES string of the molecule is COc1ccc(NC(=O)C2Cc3ccccc3S2)c(N)c1. The molecular weight excluding hydrogens is 284 g/mol. The van der Waals surface area contributed by atoms with Gasteiger partial charge in [0.1, 0.15) is 5.75 Å². The number of methoxy groups -OCH3 is 1. The van der Waals surface area contributed by atoms with E-state index in [-0.39, 0.29) is 11.2 Å². The molecule has 5 heteroatoms. The highest BCUT2D eigenvalue weighted by Gasteiger charge is 2.28. The predicted molar refractivity (Wildman–Crippen MR) is 85.8 cm³/mol. The number of thioether (sulfide) groups is 1. The molecule has 0 aliphatic carbocycles. The number of fused-ring (bicyclic) bond motifs is 1. The molecule has 21 heavy (non-hydrogen) atoms. The average molecular weight is 300 g/mol. The lowest BCUT2D eigenvalue weighted by Gasteiger charge is -2.12. The number of nitrogens with one attached hydrogen (secondary N) is 1. The van der Waals surface area contributed by atoms with Crippen molar-refractivity contribution in [2.45, 2.75) is 16.6 Å². The van der Waals surface area contributed by atoms with Crippen molar-refractivity contribution in [3.05, 3.63) is 48.0 Å². The summed E-state index contributed by atoms with van der Waals surface area (Å²) < 4.78 is 5.10. The molecule has 1 atom stereocenters. The van der Waals surface area contributed by atoms with Crippen LogP contribution in [-0.2, 0) is 11.2 Å². The van der Waals surface area contributed by atoms with Gasteiger partial charge in [0.2, 0.25) is 5.91 Å². The van der Waals surface area contributed by atoms with Gasteiger partial charge in [0.25, 0.3) is 0 Å². The van der Waals surface area contributed by atoms with Gasteiger partial charge in [-0.3, -0.25) is 4.79 Å². The van der Waals surface area contributed by atoms with Crippen LogP contribution in [0.4, 0.5) is 11.4 Å². The number of ether oxygens (including phenoxy) is 1. The van der Waals surface area contributed by atoms with Gasteiger partial charge in [-0.25, -0.2) is 0 Å². The molecule has 0 aromatic heterocycles. The Hall–Kier alpha value is -2.14. The molecule has 1 heterocycles. The fourth-order valence-electron chi connectivity index (χ4n) is 2.32. The summed E-state index contributed by atoms with van der Waals surface area (Å²) in [6.07, 6.45) is 0.753. The second kappa shape index (κ2) is 5.69. The fraction of sp³-hybridized carbons (Fsp3) is 0.188. The number of nitrogen functional groups attached to an aromatic ring is 1. The van der Waals surface area contributed by atoms with Crippen LogP contribution >= 0.6 is 11.8 Å². The number of carbonyl (C=O) groups is 1. The zero-order valence-corrected chi connectivity index (χ0v) is 12.4. The van der Waals surface area contributed by atoms with Crippen LogP contribution in [0.2, 0.25) is 0 Å². The third kappa shape index (κ3) is 2.83. The van der Waals surface area contributed by atoms with Gasteiger partial charge in [-0.2, -0.15) is 0 Å². The third-order valence-corrected chi connectivity index (χ3v) is 4.77. The van der Waals surface area contributed by atoms with Crippen molar-refractivity contribution < 1.29 is 9.53 Å². The second-order valence-corrected chi connectivity index (χ2v) is 6.11. The molecule has 2 aromatic rings. The van der Waals surface area contributed by atoms with Crippen LogP contribution in [0.1, 0.15) is 5.56 Å². The Balaban J connectivity index is 1.71. The normalized spacial score (nSPS) is 16.3. The van der Waals surface area contributed by atoms with E-state index in [4.69, 9.17) is 10.5 Å². The Bertz CT molecular complexity index is 663. The monoisotopic (exact) mass is 300 g/mol. The summed E-state index contributed by atoms with van der Waals surface area (Å²) >= 11 is 1.60. The highest BCUT2D eigenvalue weighted by Crippen LogP contribution is 2.37. The van der Waals surface area contributed by atoms with Crippen molar-refractivity contribution in [1.82, 2.24) is 0 Å². The van der Waals surface area contributed by atoms with Crippen molar-refractivity contribution in [2.24, 2.45) is 0 Å². The summed E-state index contributed by atoms with van der Waals surface area (Å²) in [6.45, 7) is 0. The van der Waals surface area contributed by atoms with Crippen LogP contribution < -0.4 is 15.8 Å². The maximum atomic E-state index is 12.4. The molecule has 0 saturated carbocycles. The van der Waals surface area contributed by atoms with Crippen molar-refractivity contribution in [1.29, 1.82) is 0 Å². The molecule has 0 saturated heterocycles. The Morgan fingerprint density at radius 2 is 2.14 bits per heavy atom. The number of amides is 1. The molecule has 3 rings (SSSR count). The Morgan fingerprint density at radius 1 is 1.33 bits per heavy atom. The molecule has 3 N–H and O–H groups in total. The lowest BCUT2D eigenvalue weighted by Crippen LogP contribution is -2.25. The lowest BCUT2D eigenvalue weighted by atomic mass is 10.1. The molecule has 0 spiro atoms. The quantitative estimate of drug-likeness (QED) is 0.855. The summed E-state index contributed by atoms with van der Waals surface area (Å²) in [5, 5.41) is 2.79. The molecule has 1 amide bonds. The van der Waals surface area contributed by atoms with E-state index < -0.39 is 0 Å². The average Bonchev–Trinajstić information content (AvgIpc) is 2.93. The smallest absolute Gasteiger partial charge is 0.238 e. The molecule has 1 aliphatic heterocycles. The van der Waals surface area contributed by atoms with Crippen molar-refractivity contribution >= 4 is 29.0 Å². The van der Waals surface area contributed by atoms with E-state index in [9.17, 15) is 4.79 Å². The van der Waals surface area contributed by atoms with E-state index in [0.717, 1.165) is 6.42 Å². The first-order valence-electron chi connectivity index (χ1n) is 6.66. The van der Waals surface area contributed by atoms with Gasteiger partial charge in [0.15, 0.2) is 0 Å². The lowest BCUT2D eigenvalue weighted by molar-refractivity contribution is -0.115. The summed E-state index contributed by atoms with van der Waals surface area (Å²) in [5.41, 5.74) is 8.28. The minimum absolute atomic E-state index is 0.0203. The van der Waals surface area contributed by atoms with Crippen LogP contribution in [0.5, 0.6) is 5.75 Å². The van der Waals surface area contributed by atoms with Crippen molar-refractivity contribution in [2.75, 3.05) is 18.2 Å². The largest absolute Gasteiger partial charge is 0.497 e. The van der Waals surface area contributed by atoms with Crippen LogP contribution in [0.25, 0.3) is 0 Å². The van der Waals surface area contributed by atoms with E-state index in [1.807, 2.05) is 12.1 Å². The minimum atomic E-state index is -0.107. The van der Waals surface area contributed by atoms with E-state index in [2.05, 4.69) is 17.4 Å². The van der Waals surface area contributed by atoms with E-state index in [1.54, 1.807) is 37.1 Å². The van der Waals surface area contributed by atoms with Gasteiger partial charge in [-0.1, -0.05) is 18.2 Å². The fourth-order valence-corrected chi connectivity index (χ4v) is 3.52. The minimum Gasteiger partial charge on any atom is -0.497 e. The number of hydrogen-bond donors (Lipinski definition) is 2. The number of anilines is 2. The number of hydrogen-bond acceptors (Lipinski definition) is 4. The third-order valence-electron chi connectivity index (χ3n) is 3.46. The first-order valence-corrected chi connectivity index (χ1v) is 7.54. The van der Waals surface area contributed by atoms with Crippen LogP contribution in [0, 0.1) is 0 Å². The van der Waals surface area contributed by atoms with Gasteiger partial charge in [0.05, 0.1) is 23.7 Å². The molecule has 4 nitrogen and oxygen atoms in total. The number of nitrogens with two attached hydrogens (primary N) is 1. The summed E-state index contributed by atoms with van der Waals surface area (Å²) in [6, 6.07) is 13.4. The van der Waals surface area contributed by atoms with E-state index in [0.29, 0.717) is 17.1 Å². The Kier molecular flexibility index (Phi) is 3.75. The Morgan fingerprint density at radius 3 is 2.86 bits per heavy atom. The molecule has 0 bridgehead atoms. The van der Waals surface area contributed by atoms with Crippen molar-refractivity contribution in [3.8, 4) is 5.75 Å². The number of benzene rings is 2. The first kappa shape index (κ1) is 13.8. The van der Waals surface area contributed by atoms with Gasteiger partial charge < -0.3 is 15.8 Å². The van der Waals surface area contributed by atoms with E-state index >= 15 is 0 Å². The summed E-state index contributed by atoms with van der Waals surface area (Å²) in [7, 11) is 1.58. The molecule has 2 aromatic carbocycles. The van der Waals surface area contributed by atoms with Gasteiger partial charge in [0, 0.05) is 11.0 Å². The highest BCUT2D eigenvalue weighted by molar-refractivity contribution is 8.01. The number of rotatable bonds is 3. The first-order chi connectivity index (χ1) is 10.2. The molecular formula is C16H16N2O2S. The van der Waals surface area contributed by atoms with Gasteiger partial charge in [-0.05, 0) is 30.2 Å². The summed E-state index contributed by atoms with van der Waals surface area (Å²) in [4.78, 5) is 13.6. The topological polar surface area (TPSA) is 64.3 Å². The predicted octanol–water partition coefficient (Wildman–Crippen LogP) is 2.93. The van der Waals surface area contributed by atoms with Crippen LogP contribution in [0.15, 0.2) is 47.4 Å². The molecule has 108 valence electrons. The maximum absolute atomic E-state index is 12.4. The molecule has 1 aliphatic rings. The van der Waals surface area contributed by atoms with Crippen LogP contribution in [0.3, 0.4) is 0 Å². The Labute approximate surface area is 127 Å². The highest BCUT2D eigenvalue weighted by atomic mass is 32.2. The standard InChI is InChI=1S/C16H16N2O2S/c1-20-11-6-7-13(12(17)9-11)18-16(19)15-8-10-4-2-3-5-14(10)21-15/h2-7,9,15H,8,17H2,1H3,(H,18,19). The molecule has 1 unspecified atom stereocenters.